The molecule has 2 fully saturated rings. The molecule has 1 heterocycles. The molecular weight excluding hydrogens is 166 g/mol. The van der Waals surface area contributed by atoms with Gasteiger partial charge in [0.15, 0.2) is 0 Å². The summed E-state index contributed by atoms with van der Waals surface area (Å²) in [6, 6.07) is 0.205. The Kier molecular flexibility index (Phi) is 2.36. The minimum Gasteiger partial charge on any atom is -0.376 e. The van der Waals surface area contributed by atoms with Crippen LogP contribution in [0.5, 0.6) is 0 Å². The Balaban J connectivity index is 1.76. The van der Waals surface area contributed by atoms with E-state index in [0.717, 1.165) is 12.3 Å². The maximum Gasteiger partial charge on any atom is 0.243 e. The lowest BCUT2D eigenvalue weighted by Gasteiger charge is -2.08. The van der Waals surface area contributed by atoms with Crippen LogP contribution in [0, 0.1) is 5.92 Å². The molecule has 3 heteroatoms. The van der Waals surface area contributed by atoms with Gasteiger partial charge in [-0.1, -0.05) is 6.58 Å². The summed E-state index contributed by atoms with van der Waals surface area (Å²) in [6.45, 7) is 4.08. The highest BCUT2D eigenvalue weighted by molar-refractivity contribution is 5.87. The van der Waals surface area contributed by atoms with Gasteiger partial charge in [0.25, 0.3) is 0 Å². The Hall–Kier alpha value is -0.830. The van der Waals surface area contributed by atoms with Crippen molar-refractivity contribution in [3.63, 3.8) is 0 Å². The molecule has 72 valence electrons. The monoisotopic (exact) mass is 181 g/mol. The molecule has 1 aliphatic carbocycles. The molecule has 1 saturated heterocycles. The molecule has 1 aliphatic heterocycles. The molecule has 3 nitrogen and oxygen atoms in total. The van der Waals surface area contributed by atoms with E-state index in [9.17, 15) is 4.79 Å². The van der Waals surface area contributed by atoms with Crippen molar-refractivity contribution in [2.45, 2.75) is 31.4 Å². The summed E-state index contributed by atoms with van der Waals surface area (Å²) >= 11 is 0. The van der Waals surface area contributed by atoms with Crippen molar-refractivity contribution >= 4 is 5.91 Å². The summed E-state index contributed by atoms with van der Waals surface area (Å²) < 4.78 is 5.59. The third-order valence-corrected chi connectivity index (χ3v) is 2.71. The third kappa shape index (κ3) is 2.10. The molecule has 2 atom stereocenters. The van der Waals surface area contributed by atoms with Gasteiger partial charge in [-0.05, 0) is 31.3 Å². The lowest BCUT2D eigenvalue weighted by molar-refractivity contribution is -0.117. The molecule has 0 aromatic rings. The van der Waals surface area contributed by atoms with Crippen molar-refractivity contribution in [2.24, 2.45) is 5.92 Å². The highest BCUT2D eigenvalue weighted by Gasteiger charge is 2.37. The second kappa shape index (κ2) is 3.50. The minimum absolute atomic E-state index is 0.0925. The molecular formula is C10H15NO2. The summed E-state index contributed by atoms with van der Waals surface area (Å²) in [4.78, 5) is 11.0. The summed E-state index contributed by atoms with van der Waals surface area (Å²) in [7, 11) is 0. The largest absolute Gasteiger partial charge is 0.376 e. The first-order valence-electron chi connectivity index (χ1n) is 4.84. The Morgan fingerprint density at radius 2 is 2.31 bits per heavy atom. The predicted octanol–water partition coefficient (Wildman–Crippen LogP) is 0.856. The highest BCUT2D eigenvalue weighted by Crippen LogP contribution is 2.38. The molecule has 0 aromatic heterocycles. The lowest BCUT2D eigenvalue weighted by Crippen LogP contribution is -2.33. The van der Waals surface area contributed by atoms with Gasteiger partial charge in [0, 0.05) is 0 Å². The van der Waals surface area contributed by atoms with Gasteiger partial charge < -0.3 is 10.1 Å². The van der Waals surface area contributed by atoms with E-state index >= 15 is 0 Å². The van der Waals surface area contributed by atoms with Gasteiger partial charge in [-0.25, -0.2) is 0 Å². The molecule has 0 bridgehead atoms. The first-order chi connectivity index (χ1) is 6.29. The van der Waals surface area contributed by atoms with E-state index in [2.05, 4.69) is 11.9 Å². The van der Waals surface area contributed by atoms with Crippen molar-refractivity contribution in [3.8, 4) is 0 Å². The molecule has 1 amide bonds. The van der Waals surface area contributed by atoms with Gasteiger partial charge in [0.05, 0.1) is 18.8 Å². The van der Waals surface area contributed by atoms with Crippen LogP contribution in [-0.2, 0) is 9.53 Å². The molecule has 2 rings (SSSR count). The van der Waals surface area contributed by atoms with E-state index in [-0.39, 0.29) is 11.9 Å². The molecule has 1 saturated carbocycles. The summed E-state index contributed by atoms with van der Waals surface area (Å²) in [5.41, 5.74) is 0. The van der Waals surface area contributed by atoms with Crippen LogP contribution >= 0.6 is 0 Å². The number of hydrogen-bond acceptors (Lipinski definition) is 2. The number of rotatable bonds is 3. The highest BCUT2D eigenvalue weighted by atomic mass is 16.5. The molecule has 2 aliphatic rings. The Labute approximate surface area is 78.1 Å². The van der Waals surface area contributed by atoms with E-state index in [0.29, 0.717) is 12.7 Å². The van der Waals surface area contributed by atoms with Gasteiger partial charge in [0.2, 0.25) is 5.91 Å². The van der Waals surface area contributed by atoms with Crippen LogP contribution in [0.4, 0.5) is 0 Å². The van der Waals surface area contributed by atoms with Crippen molar-refractivity contribution in [3.05, 3.63) is 12.7 Å². The maximum absolute atomic E-state index is 11.0. The average Bonchev–Trinajstić information content (AvgIpc) is 2.88. The van der Waals surface area contributed by atoms with Crippen molar-refractivity contribution in [2.75, 3.05) is 6.61 Å². The van der Waals surface area contributed by atoms with Crippen molar-refractivity contribution in [1.82, 2.24) is 5.32 Å². The zero-order valence-corrected chi connectivity index (χ0v) is 7.66. The van der Waals surface area contributed by atoms with Crippen molar-refractivity contribution < 1.29 is 9.53 Å². The van der Waals surface area contributed by atoms with Crippen LogP contribution in [0.15, 0.2) is 12.7 Å². The molecule has 0 spiro atoms. The average molecular weight is 181 g/mol. The second-order valence-corrected chi connectivity index (χ2v) is 3.85. The molecule has 13 heavy (non-hydrogen) atoms. The number of carbonyl (C=O) groups is 1. The quantitative estimate of drug-likeness (QED) is 0.656. The number of hydrogen-bond donors (Lipinski definition) is 1. The molecule has 0 aromatic carbocycles. The zero-order valence-electron chi connectivity index (χ0n) is 7.66. The van der Waals surface area contributed by atoms with E-state index in [4.69, 9.17) is 4.74 Å². The topological polar surface area (TPSA) is 38.3 Å². The Morgan fingerprint density at radius 3 is 2.92 bits per heavy atom. The third-order valence-electron chi connectivity index (χ3n) is 2.71. The Morgan fingerprint density at radius 1 is 1.54 bits per heavy atom. The van der Waals surface area contributed by atoms with E-state index in [1.165, 1.54) is 18.9 Å². The van der Waals surface area contributed by atoms with Crippen LogP contribution in [0.3, 0.4) is 0 Å². The first kappa shape index (κ1) is 8.75. The van der Waals surface area contributed by atoms with Gasteiger partial charge in [0.1, 0.15) is 0 Å². The standard InChI is InChI=1S/C10H15NO2/c1-2-10(12)11-8-5-9(13-6-8)7-3-4-7/h2,7-9H,1,3-6H2,(H,11,12). The number of amides is 1. The zero-order chi connectivity index (χ0) is 9.26. The van der Waals surface area contributed by atoms with Crippen LogP contribution in [0.25, 0.3) is 0 Å². The van der Waals surface area contributed by atoms with E-state index in [1.807, 2.05) is 0 Å². The lowest BCUT2D eigenvalue weighted by atomic mass is 10.1. The van der Waals surface area contributed by atoms with Crippen LogP contribution < -0.4 is 5.32 Å². The van der Waals surface area contributed by atoms with Crippen LogP contribution in [-0.4, -0.2) is 24.7 Å². The van der Waals surface area contributed by atoms with Gasteiger partial charge in [-0.3, -0.25) is 4.79 Å². The predicted molar refractivity (Wildman–Crippen MR) is 49.2 cm³/mol. The normalized spacial score (nSPS) is 32.9. The fourth-order valence-corrected chi connectivity index (χ4v) is 1.81. The van der Waals surface area contributed by atoms with Gasteiger partial charge >= 0.3 is 0 Å². The van der Waals surface area contributed by atoms with Gasteiger partial charge in [-0.2, -0.15) is 0 Å². The van der Waals surface area contributed by atoms with Crippen molar-refractivity contribution in [1.29, 1.82) is 0 Å². The second-order valence-electron chi connectivity index (χ2n) is 3.85. The summed E-state index contributed by atoms with van der Waals surface area (Å²) in [5.74, 6) is 0.677. The summed E-state index contributed by atoms with van der Waals surface area (Å²) in [5, 5.41) is 2.86. The first-order valence-corrected chi connectivity index (χ1v) is 4.84. The fourth-order valence-electron chi connectivity index (χ4n) is 1.81. The number of nitrogens with one attached hydrogen (secondary N) is 1. The van der Waals surface area contributed by atoms with Crippen LogP contribution in [0.2, 0.25) is 0 Å². The Bertz CT molecular complexity index is 223. The minimum atomic E-state index is -0.0925. The van der Waals surface area contributed by atoms with Crippen LogP contribution in [0.1, 0.15) is 19.3 Å². The fraction of sp³-hybridized carbons (Fsp3) is 0.700. The summed E-state index contributed by atoms with van der Waals surface area (Å²) in [6.07, 6.45) is 5.28. The van der Waals surface area contributed by atoms with E-state index < -0.39 is 0 Å². The van der Waals surface area contributed by atoms with Gasteiger partial charge in [-0.15, -0.1) is 0 Å². The molecule has 1 N–H and O–H groups in total. The van der Waals surface area contributed by atoms with E-state index in [1.54, 1.807) is 0 Å². The number of carbonyl (C=O) groups excluding carboxylic acids is 1. The maximum atomic E-state index is 11.0. The smallest absolute Gasteiger partial charge is 0.243 e. The SMILES string of the molecule is C=CC(=O)NC1COC(C2CC2)C1. The molecule has 0 radical (unpaired) electrons. The molecule has 2 unspecified atom stereocenters. The number of ether oxygens (including phenoxy) is 1.